The third kappa shape index (κ3) is 1.67. The number of rotatable bonds is 2. The van der Waals surface area contributed by atoms with Crippen LogP contribution >= 0.6 is 0 Å². The van der Waals surface area contributed by atoms with E-state index in [-0.39, 0.29) is 5.41 Å². The molecule has 3 saturated carbocycles. The molecule has 0 N–H and O–H groups in total. The molecule has 0 unspecified atom stereocenters. The lowest BCUT2D eigenvalue weighted by molar-refractivity contribution is 0.112. The maximum Gasteiger partial charge on any atom is 0.201 e. The molecule has 0 spiro atoms. The standard InChI is InChI=1S/C16H19NO2/c1-18-12-2-3-13-14(10-12)19-15(17-13)16-7-4-11(5-8-16)6-9-16/h2-3,10-11H,4-9H2,1H3. The van der Waals surface area contributed by atoms with E-state index >= 15 is 0 Å². The molecule has 3 aliphatic carbocycles. The third-order valence-electron chi connectivity index (χ3n) is 5.14. The maximum absolute atomic E-state index is 6.08. The smallest absolute Gasteiger partial charge is 0.201 e. The Morgan fingerprint density at radius 3 is 2.63 bits per heavy atom. The molecule has 0 amide bonds. The predicted octanol–water partition coefficient (Wildman–Crippen LogP) is 4.06. The molecule has 19 heavy (non-hydrogen) atoms. The van der Waals surface area contributed by atoms with Gasteiger partial charge in [0.25, 0.3) is 0 Å². The summed E-state index contributed by atoms with van der Waals surface area (Å²) in [5, 5.41) is 0. The maximum atomic E-state index is 6.08. The molecule has 0 aliphatic heterocycles. The zero-order valence-electron chi connectivity index (χ0n) is 11.3. The lowest BCUT2D eigenvalue weighted by atomic mass is 9.60. The topological polar surface area (TPSA) is 35.3 Å². The lowest BCUT2D eigenvalue weighted by Crippen LogP contribution is -2.37. The van der Waals surface area contributed by atoms with Crippen molar-refractivity contribution in [1.82, 2.24) is 4.98 Å². The highest BCUT2D eigenvalue weighted by molar-refractivity contribution is 5.74. The molecule has 2 bridgehead atoms. The van der Waals surface area contributed by atoms with E-state index in [1.54, 1.807) is 7.11 Å². The average molecular weight is 257 g/mol. The highest BCUT2D eigenvalue weighted by atomic mass is 16.5. The lowest BCUT2D eigenvalue weighted by Gasteiger charge is -2.44. The van der Waals surface area contributed by atoms with Crippen molar-refractivity contribution in [3.8, 4) is 5.75 Å². The highest BCUT2D eigenvalue weighted by Gasteiger charge is 2.44. The molecule has 100 valence electrons. The Morgan fingerprint density at radius 1 is 1.21 bits per heavy atom. The Hall–Kier alpha value is -1.51. The van der Waals surface area contributed by atoms with Crippen LogP contribution in [0.3, 0.4) is 0 Å². The molecule has 2 aromatic rings. The summed E-state index contributed by atoms with van der Waals surface area (Å²) in [7, 11) is 1.68. The first kappa shape index (κ1) is 11.3. The summed E-state index contributed by atoms with van der Waals surface area (Å²) >= 11 is 0. The number of aromatic nitrogens is 1. The molecule has 0 radical (unpaired) electrons. The summed E-state index contributed by atoms with van der Waals surface area (Å²) in [6.07, 6.45) is 7.80. The fraction of sp³-hybridized carbons (Fsp3) is 0.562. The molecule has 3 aliphatic rings. The van der Waals surface area contributed by atoms with Crippen molar-refractivity contribution in [3.05, 3.63) is 24.1 Å². The zero-order valence-corrected chi connectivity index (χ0v) is 11.3. The van der Waals surface area contributed by atoms with Gasteiger partial charge in [0.2, 0.25) is 5.89 Å². The van der Waals surface area contributed by atoms with Gasteiger partial charge in [-0.1, -0.05) is 0 Å². The fourth-order valence-electron chi connectivity index (χ4n) is 3.83. The van der Waals surface area contributed by atoms with Crippen LogP contribution in [0.5, 0.6) is 5.75 Å². The molecule has 1 heterocycles. The van der Waals surface area contributed by atoms with E-state index in [1.807, 2.05) is 18.2 Å². The van der Waals surface area contributed by atoms with Crippen LogP contribution < -0.4 is 4.74 Å². The summed E-state index contributed by atoms with van der Waals surface area (Å²) < 4.78 is 11.3. The first-order valence-corrected chi connectivity index (χ1v) is 7.24. The van der Waals surface area contributed by atoms with Gasteiger partial charge in [-0.05, 0) is 56.6 Å². The Balaban J connectivity index is 1.78. The number of nitrogens with zero attached hydrogens (tertiary/aromatic N) is 1. The van der Waals surface area contributed by atoms with Crippen LogP contribution in [-0.2, 0) is 5.41 Å². The largest absolute Gasteiger partial charge is 0.497 e. The van der Waals surface area contributed by atoms with Gasteiger partial charge < -0.3 is 9.15 Å². The number of oxazole rings is 1. The molecule has 1 aromatic heterocycles. The Bertz CT molecular complexity index is 594. The van der Waals surface area contributed by atoms with Gasteiger partial charge >= 0.3 is 0 Å². The molecule has 3 nitrogen and oxygen atoms in total. The van der Waals surface area contributed by atoms with Gasteiger partial charge in [-0.15, -0.1) is 0 Å². The Kier molecular flexibility index (Phi) is 2.38. The SMILES string of the molecule is COc1ccc2nc(C34CCC(CC3)CC4)oc2c1. The molecule has 5 rings (SSSR count). The molecule has 0 atom stereocenters. The molecule has 3 heteroatoms. The van der Waals surface area contributed by atoms with E-state index in [0.29, 0.717) is 0 Å². The minimum Gasteiger partial charge on any atom is -0.497 e. The van der Waals surface area contributed by atoms with Gasteiger partial charge in [0.15, 0.2) is 5.58 Å². The van der Waals surface area contributed by atoms with Gasteiger partial charge in [0.1, 0.15) is 11.3 Å². The Labute approximate surface area is 113 Å². The second-order valence-electron chi connectivity index (χ2n) is 6.12. The minimum atomic E-state index is 0.223. The quantitative estimate of drug-likeness (QED) is 0.813. The first-order valence-electron chi connectivity index (χ1n) is 7.24. The van der Waals surface area contributed by atoms with Crippen LogP contribution in [-0.4, -0.2) is 12.1 Å². The second kappa shape index (κ2) is 3.99. The van der Waals surface area contributed by atoms with Gasteiger partial charge in [0, 0.05) is 11.5 Å². The number of benzene rings is 1. The van der Waals surface area contributed by atoms with Gasteiger partial charge in [-0.2, -0.15) is 0 Å². The van der Waals surface area contributed by atoms with E-state index < -0.39 is 0 Å². The van der Waals surface area contributed by atoms with Crippen molar-refractivity contribution in [1.29, 1.82) is 0 Å². The van der Waals surface area contributed by atoms with Crippen LogP contribution in [0.2, 0.25) is 0 Å². The Morgan fingerprint density at radius 2 is 1.95 bits per heavy atom. The van der Waals surface area contributed by atoms with Crippen molar-refractivity contribution in [2.45, 2.75) is 43.9 Å². The number of hydrogen-bond donors (Lipinski definition) is 0. The zero-order chi connectivity index (χ0) is 12.9. The summed E-state index contributed by atoms with van der Waals surface area (Å²) in [4.78, 5) is 4.76. The minimum absolute atomic E-state index is 0.223. The van der Waals surface area contributed by atoms with E-state index in [1.165, 1.54) is 38.5 Å². The third-order valence-corrected chi connectivity index (χ3v) is 5.14. The van der Waals surface area contributed by atoms with Crippen molar-refractivity contribution in [2.24, 2.45) is 5.92 Å². The van der Waals surface area contributed by atoms with Gasteiger partial charge in [-0.25, -0.2) is 4.98 Å². The van der Waals surface area contributed by atoms with Crippen molar-refractivity contribution >= 4 is 11.1 Å². The summed E-state index contributed by atoms with van der Waals surface area (Å²) in [6, 6.07) is 5.88. The van der Waals surface area contributed by atoms with Crippen LogP contribution in [0.25, 0.3) is 11.1 Å². The predicted molar refractivity (Wildman–Crippen MR) is 73.4 cm³/mol. The first-order chi connectivity index (χ1) is 9.29. The van der Waals surface area contributed by atoms with E-state index in [4.69, 9.17) is 14.1 Å². The average Bonchev–Trinajstić information content (AvgIpc) is 2.93. The van der Waals surface area contributed by atoms with Gasteiger partial charge in [0.05, 0.1) is 7.11 Å². The fourth-order valence-corrected chi connectivity index (χ4v) is 3.83. The number of fused-ring (bicyclic) bond motifs is 4. The summed E-state index contributed by atoms with van der Waals surface area (Å²) in [6.45, 7) is 0. The van der Waals surface area contributed by atoms with Crippen molar-refractivity contribution in [3.63, 3.8) is 0 Å². The number of ether oxygens (including phenoxy) is 1. The van der Waals surface area contributed by atoms with E-state index in [0.717, 1.165) is 28.7 Å². The van der Waals surface area contributed by atoms with E-state index in [9.17, 15) is 0 Å². The summed E-state index contributed by atoms with van der Waals surface area (Å²) in [5.41, 5.74) is 2.04. The van der Waals surface area contributed by atoms with Crippen LogP contribution in [0.1, 0.15) is 44.4 Å². The monoisotopic (exact) mass is 257 g/mol. The van der Waals surface area contributed by atoms with Crippen LogP contribution in [0.4, 0.5) is 0 Å². The molecule has 0 saturated heterocycles. The number of methoxy groups -OCH3 is 1. The molecule has 1 aromatic carbocycles. The highest BCUT2D eigenvalue weighted by Crippen LogP contribution is 2.51. The number of hydrogen-bond acceptors (Lipinski definition) is 3. The van der Waals surface area contributed by atoms with E-state index in [2.05, 4.69) is 0 Å². The van der Waals surface area contributed by atoms with Crippen molar-refractivity contribution in [2.75, 3.05) is 7.11 Å². The normalized spacial score (nSPS) is 29.8. The van der Waals surface area contributed by atoms with Crippen LogP contribution in [0.15, 0.2) is 22.6 Å². The van der Waals surface area contributed by atoms with Gasteiger partial charge in [-0.3, -0.25) is 0 Å². The van der Waals surface area contributed by atoms with Crippen molar-refractivity contribution < 1.29 is 9.15 Å². The second-order valence-corrected chi connectivity index (χ2v) is 6.12. The summed E-state index contributed by atoms with van der Waals surface area (Å²) in [5.74, 6) is 2.76. The molecular formula is C16H19NO2. The molecular weight excluding hydrogens is 238 g/mol. The van der Waals surface area contributed by atoms with Crippen LogP contribution in [0, 0.1) is 5.92 Å². The molecule has 3 fully saturated rings.